The minimum atomic E-state index is -0.742. The number of hydrogen-bond acceptors (Lipinski definition) is 10. The Hall–Kier alpha value is -3.09. The van der Waals surface area contributed by atoms with Crippen LogP contribution in [0, 0.1) is 0 Å². The second-order valence-electron chi connectivity index (χ2n) is 5.04. The van der Waals surface area contributed by atoms with E-state index in [0.29, 0.717) is 5.13 Å². The average molecular weight is 365 g/mol. The first-order valence-corrected chi connectivity index (χ1v) is 8.19. The van der Waals surface area contributed by atoms with Gasteiger partial charge < -0.3 is 15.9 Å². The predicted octanol–water partition coefficient (Wildman–Crippen LogP) is -1.10. The van der Waals surface area contributed by atoms with Crippen LogP contribution in [0.2, 0.25) is 0 Å². The van der Waals surface area contributed by atoms with E-state index < -0.39 is 11.9 Å². The molecule has 0 bridgehead atoms. The lowest BCUT2D eigenvalue weighted by Gasteiger charge is -2.42. The van der Waals surface area contributed by atoms with Crippen LogP contribution in [0.3, 0.4) is 0 Å². The Bertz CT molecular complexity index is 803. The molecule has 13 heteroatoms. The summed E-state index contributed by atoms with van der Waals surface area (Å²) in [5.41, 5.74) is 5.83. The molecule has 0 spiro atoms. The van der Waals surface area contributed by atoms with Crippen molar-refractivity contribution < 1.29 is 14.4 Å². The Balaban J connectivity index is 1.73. The van der Waals surface area contributed by atoms with Gasteiger partial charge in [-0.25, -0.2) is 4.98 Å². The molecule has 0 radical (unpaired) electrons. The molecule has 12 nitrogen and oxygen atoms in total. The number of nitrogen functional groups attached to an aromatic ring is 1. The van der Waals surface area contributed by atoms with Gasteiger partial charge in [0, 0.05) is 5.38 Å². The van der Waals surface area contributed by atoms with Gasteiger partial charge in [-0.05, 0) is 19.1 Å². The highest BCUT2D eigenvalue weighted by Gasteiger charge is 2.48. The molecular formula is C12H15N9O3S. The number of hydrogen-bond donors (Lipinski definition) is 3. The van der Waals surface area contributed by atoms with Crippen molar-refractivity contribution in [1.29, 1.82) is 0 Å². The Labute approximate surface area is 145 Å². The third kappa shape index (κ3) is 3.13. The highest BCUT2D eigenvalue weighted by atomic mass is 32.1. The number of nitrogens with zero attached hydrogens (tertiary/aromatic N) is 6. The zero-order valence-electron chi connectivity index (χ0n) is 13.3. The lowest BCUT2D eigenvalue weighted by molar-refractivity contribution is -0.130. The Morgan fingerprint density at radius 3 is 2.96 bits per heavy atom. The van der Waals surface area contributed by atoms with Crippen LogP contribution in [-0.2, 0) is 14.4 Å². The van der Waals surface area contributed by atoms with Crippen molar-refractivity contribution in [3.05, 3.63) is 11.1 Å². The number of aromatic nitrogens is 5. The minimum absolute atomic E-state index is 0.0483. The molecule has 25 heavy (non-hydrogen) atoms. The summed E-state index contributed by atoms with van der Waals surface area (Å²) in [6, 6.07) is -1.09. The van der Waals surface area contributed by atoms with E-state index in [2.05, 4.69) is 36.1 Å². The molecule has 2 aromatic heterocycles. The zero-order valence-corrected chi connectivity index (χ0v) is 14.1. The lowest BCUT2D eigenvalue weighted by atomic mass is 9.97. The molecule has 3 rings (SSSR count). The molecule has 4 N–H and O–H groups in total. The van der Waals surface area contributed by atoms with Crippen LogP contribution in [0.15, 0.2) is 10.5 Å². The molecule has 0 aliphatic carbocycles. The summed E-state index contributed by atoms with van der Waals surface area (Å²) >= 11 is 1.17. The molecule has 1 saturated heterocycles. The molecule has 3 heterocycles. The van der Waals surface area contributed by atoms with Gasteiger partial charge in [0.15, 0.2) is 10.8 Å². The molecule has 132 valence electrons. The number of carbonyl (C=O) groups is 2. The quantitative estimate of drug-likeness (QED) is 0.330. The van der Waals surface area contributed by atoms with Crippen molar-refractivity contribution in [2.24, 2.45) is 5.16 Å². The van der Waals surface area contributed by atoms with Crippen LogP contribution < -0.4 is 16.0 Å². The fourth-order valence-corrected chi connectivity index (χ4v) is 2.83. The number of nitrogens with two attached hydrogens (primary N) is 1. The molecular weight excluding hydrogens is 350 g/mol. The predicted molar refractivity (Wildman–Crippen MR) is 87.7 cm³/mol. The summed E-state index contributed by atoms with van der Waals surface area (Å²) in [5.74, 6) is -0.786. The Morgan fingerprint density at radius 2 is 2.40 bits per heavy atom. The first-order chi connectivity index (χ1) is 12.0. The van der Waals surface area contributed by atoms with Crippen LogP contribution in [-0.4, -0.2) is 61.8 Å². The molecule has 0 unspecified atom stereocenters. The van der Waals surface area contributed by atoms with Gasteiger partial charge >= 0.3 is 0 Å². The van der Waals surface area contributed by atoms with Crippen molar-refractivity contribution in [3.8, 4) is 0 Å². The fraction of sp³-hybridized carbons (Fsp3) is 0.417. The molecule has 1 fully saturated rings. The molecule has 2 aromatic rings. The van der Waals surface area contributed by atoms with Crippen molar-refractivity contribution in [2.75, 3.05) is 17.2 Å². The first-order valence-electron chi connectivity index (χ1n) is 7.31. The fourth-order valence-electron chi connectivity index (χ4n) is 2.29. The smallest absolute Gasteiger partial charge is 0.276 e. The Morgan fingerprint density at radius 1 is 1.60 bits per heavy atom. The van der Waals surface area contributed by atoms with E-state index >= 15 is 0 Å². The maximum Gasteiger partial charge on any atom is 0.276 e. The van der Waals surface area contributed by atoms with Gasteiger partial charge in [-0.15, -0.1) is 16.4 Å². The van der Waals surface area contributed by atoms with E-state index in [4.69, 9.17) is 10.6 Å². The lowest BCUT2D eigenvalue weighted by Crippen LogP contribution is -2.70. The number of anilines is 2. The largest absolute Gasteiger partial charge is 0.395 e. The molecule has 0 saturated carbocycles. The van der Waals surface area contributed by atoms with Crippen LogP contribution in [0.25, 0.3) is 0 Å². The van der Waals surface area contributed by atoms with Crippen LogP contribution >= 0.6 is 11.3 Å². The number of oxime groups is 1. The number of amides is 2. The maximum absolute atomic E-state index is 12.5. The minimum Gasteiger partial charge on any atom is -0.395 e. The summed E-state index contributed by atoms with van der Waals surface area (Å²) in [6.07, 6.45) is 0. The van der Waals surface area contributed by atoms with Gasteiger partial charge in [0.2, 0.25) is 0 Å². The van der Waals surface area contributed by atoms with Crippen molar-refractivity contribution in [1.82, 2.24) is 30.9 Å². The molecule has 0 aromatic carbocycles. The van der Waals surface area contributed by atoms with Gasteiger partial charge in [0.05, 0.1) is 6.04 Å². The van der Waals surface area contributed by atoms with E-state index in [1.54, 1.807) is 19.2 Å². The summed E-state index contributed by atoms with van der Waals surface area (Å²) in [5, 5.41) is 21.5. The van der Waals surface area contributed by atoms with Crippen LogP contribution in [0.5, 0.6) is 0 Å². The summed E-state index contributed by atoms with van der Waals surface area (Å²) < 4.78 is 0. The second-order valence-corrected chi connectivity index (χ2v) is 5.93. The molecule has 2 amide bonds. The van der Waals surface area contributed by atoms with E-state index in [-0.39, 0.29) is 35.9 Å². The topological polar surface area (TPSA) is 164 Å². The number of nitrogens with one attached hydrogen (secondary N) is 2. The van der Waals surface area contributed by atoms with E-state index in [9.17, 15) is 9.59 Å². The van der Waals surface area contributed by atoms with Gasteiger partial charge in [-0.3, -0.25) is 14.5 Å². The van der Waals surface area contributed by atoms with E-state index in [1.165, 1.54) is 16.2 Å². The standard InChI is InChI=1S/C12H15N9O3S/c1-3-24-18-8(6-4-25-11(13)14-6)9(22)15-7-5(2)21(10(7)23)12-16-19-20-17-12/h4-5,7H,3H2,1-2H3,(H2,13,14)(H,15,22)(H,16,17,19,20)/b18-8-/t5-,7+/m1/s1. The van der Waals surface area contributed by atoms with E-state index in [0.717, 1.165) is 0 Å². The summed E-state index contributed by atoms with van der Waals surface area (Å²) in [6.45, 7) is 3.76. The maximum atomic E-state index is 12.5. The number of tetrazole rings is 1. The molecule has 2 atom stereocenters. The van der Waals surface area contributed by atoms with Crippen LogP contribution in [0.1, 0.15) is 19.5 Å². The number of carbonyl (C=O) groups excluding carboxylic acids is 2. The SMILES string of the molecule is CCO/N=C(\C(=O)N[C@@H]1C(=O)N(c2nn[nH]n2)[C@@H]1C)c1csc(N)n1. The normalized spacial score (nSPS) is 20.3. The third-order valence-electron chi connectivity index (χ3n) is 3.49. The number of β-lactam (4-membered cyclic amide) rings is 1. The number of aromatic amines is 1. The van der Waals surface area contributed by atoms with Crippen molar-refractivity contribution in [2.45, 2.75) is 25.9 Å². The highest BCUT2D eigenvalue weighted by Crippen LogP contribution is 2.24. The van der Waals surface area contributed by atoms with Gasteiger partial charge in [-0.2, -0.15) is 5.21 Å². The zero-order chi connectivity index (χ0) is 18.0. The van der Waals surface area contributed by atoms with Crippen LogP contribution in [0.4, 0.5) is 11.1 Å². The number of thiazole rings is 1. The van der Waals surface area contributed by atoms with Gasteiger partial charge in [0.1, 0.15) is 18.3 Å². The van der Waals surface area contributed by atoms with Gasteiger partial charge in [-0.1, -0.05) is 10.3 Å². The average Bonchev–Trinajstić information content (AvgIpc) is 3.25. The first kappa shape index (κ1) is 16.8. The van der Waals surface area contributed by atoms with Crippen molar-refractivity contribution >= 4 is 39.9 Å². The summed E-state index contributed by atoms with van der Waals surface area (Å²) in [7, 11) is 0. The molecule has 1 aliphatic heterocycles. The van der Waals surface area contributed by atoms with Crippen molar-refractivity contribution in [3.63, 3.8) is 0 Å². The second kappa shape index (κ2) is 6.80. The van der Waals surface area contributed by atoms with Gasteiger partial charge in [0.25, 0.3) is 17.8 Å². The number of rotatable bonds is 6. The highest BCUT2D eigenvalue weighted by molar-refractivity contribution is 7.13. The monoisotopic (exact) mass is 365 g/mol. The number of H-pyrrole nitrogens is 1. The molecule has 1 aliphatic rings. The Kier molecular flexibility index (Phi) is 4.56. The third-order valence-corrected chi connectivity index (χ3v) is 4.17. The van der Waals surface area contributed by atoms with E-state index in [1.807, 2.05) is 0 Å². The summed E-state index contributed by atoms with van der Waals surface area (Å²) in [4.78, 5) is 35.1.